The topological polar surface area (TPSA) is 31.6 Å². The second-order valence-corrected chi connectivity index (χ2v) is 2.46. The molecule has 0 saturated heterocycles. The zero-order chi connectivity index (χ0) is 6.97. The van der Waals surface area contributed by atoms with Gasteiger partial charge >= 0.3 is 0 Å². The molecule has 0 radical (unpaired) electrons. The van der Waals surface area contributed by atoms with Gasteiger partial charge in [-0.15, -0.1) is 0 Å². The highest BCUT2D eigenvalue weighted by molar-refractivity contribution is 5.28. The van der Waals surface area contributed by atoms with Gasteiger partial charge in [-0.2, -0.15) is 4.89 Å². The van der Waals surface area contributed by atoms with E-state index >= 15 is 0 Å². The second-order valence-electron chi connectivity index (χ2n) is 2.46. The Bertz CT molecular complexity index is 229. The van der Waals surface area contributed by atoms with Crippen LogP contribution in [0.1, 0.15) is 12.5 Å². The summed E-state index contributed by atoms with van der Waals surface area (Å²) in [6.07, 6.45) is 4.23. The van der Waals surface area contributed by atoms with Crippen molar-refractivity contribution in [2.75, 3.05) is 0 Å². The molecule has 3 nitrogen and oxygen atoms in total. The molecule has 1 unspecified atom stereocenters. The lowest BCUT2D eigenvalue weighted by Crippen LogP contribution is -2.18. The number of hydrogen-bond donors (Lipinski definition) is 0. The Morgan fingerprint density at radius 1 is 1.50 bits per heavy atom. The van der Waals surface area contributed by atoms with Crippen molar-refractivity contribution >= 4 is 0 Å². The molecule has 1 aliphatic rings. The van der Waals surface area contributed by atoms with Gasteiger partial charge in [0.25, 0.3) is 0 Å². The van der Waals surface area contributed by atoms with Crippen LogP contribution in [0, 0.1) is 0 Å². The number of hydrogen-bond acceptors (Lipinski definition) is 3. The molecule has 0 spiro atoms. The van der Waals surface area contributed by atoms with Gasteiger partial charge in [-0.05, 0) is 6.92 Å². The van der Waals surface area contributed by atoms with Gasteiger partial charge in [-0.3, -0.25) is 0 Å². The van der Waals surface area contributed by atoms with Gasteiger partial charge in [0.1, 0.15) is 12.4 Å². The molecule has 0 bridgehead atoms. The highest BCUT2D eigenvalue weighted by atomic mass is 17.2. The standard InChI is InChI=1S/C7H8O3/c1-5-2-6-3-8-4-7(6)10-9-5/h3-5H,2H2,1H3. The Labute approximate surface area is 58.5 Å². The summed E-state index contributed by atoms with van der Waals surface area (Å²) in [5, 5.41) is 0. The fourth-order valence-corrected chi connectivity index (χ4v) is 1.01. The molecule has 3 heteroatoms. The summed E-state index contributed by atoms with van der Waals surface area (Å²) in [7, 11) is 0. The molecule has 2 heterocycles. The summed E-state index contributed by atoms with van der Waals surface area (Å²) in [5.74, 6) is 0.707. The van der Waals surface area contributed by atoms with E-state index in [0.29, 0.717) is 5.75 Å². The van der Waals surface area contributed by atoms with Crippen LogP contribution in [-0.2, 0) is 11.3 Å². The molecule has 1 aromatic rings. The molecule has 0 aromatic carbocycles. The predicted molar refractivity (Wildman–Crippen MR) is 33.6 cm³/mol. The van der Waals surface area contributed by atoms with E-state index in [4.69, 9.17) is 14.2 Å². The zero-order valence-corrected chi connectivity index (χ0v) is 5.66. The Kier molecular flexibility index (Phi) is 1.17. The van der Waals surface area contributed by atoms with E-state index in [2.05, 4.69) is 0 Å². The fraction of sp³-hybridized carbons (Fsp3) is 0.429. The van der Waals surface area contributed by atoms with Crippen LogP contribution in [0.4, 0.5) is 0 Å². The SMILES string of the molecule is CC1Cc2cocc2OO1. The summed E-state index contributed by atoms with van der Waals surface area (Å²) in [6.45, 7) is 1.95. The molecule has 10 heavy (non-hydrogen) atoms. The Morgan fingerprint density at radius 2 is 2.40 bits per heavy atom. The molecule has 0 amide bonds. The first kappa shape index (κ1) is 5.80. The molecule has 1 atom stereocenters. The molecule has 54 valence electrons. The molecular weight excluding hydrogens is 132 g/mol. The Hall–Kier alpha value is -0.960. The Morgan fingerprint density at radius 3 is 3.30 bits per heavy atom. The van der Waals surface area contributed by atoms with E-state index in [1.807, 2.05) is 6.92 Å². The van der Waals surface area contributed by atoms with Gasteiger partial charge in [0, 0.05) is 12.0 Å². The number of furan rings is 1. The minimum absolute atomic E-state index is 0.130. The molecule has 1 aliphatic heterocycles. The largest absolute Gasteiger partial charge is 0.468 e. The highest BCUT2D eigenvalue weighted by Gasteiger charge is 2.18. The summed E-state index contributed by atoms with van der Waals surface area (Å²) in [6, 6.07) is 0. The van der Waals surface area contributed by atoms with Gasteiger partial charge in [-0.25, -0.2) is 0 Å². The Balaban J connectivity index is 2.30. The van der Waals surface area contributed by atoms with Crippen molar-refractivity contribution in [1.82, 2.24) is 0 Å². The highest BCUT2D eigenvalue weighted by Crippen LogP contribution is 2.26. The van der Waals surface area contributed by atoms with Crippen molar-refractivity contribution in [2.45, 2.75) is 19.4 Å². The van der Waals surface area contributed by atoms with E-state index in [1.165, 1.54) is 0 Å². The minimum Gasteiger partial charge on any atom is -0.468 e. The maximum atomic E-state index is 4.91. The monoisotopic (exact) mass is 140 g/mol. The summed E-state index contributed by atoms with van der Waals surface area (Å²) >= 11 is 0. The number of rotatable bonds is 0. The zero-order valence-electron chi connectivity index (χ0n) is 5.66. The smallest absolute Gasteiger partial charge is 0.206 e. The van der Waals surface area contributed by atoms with E-state index in [0.717, 1.165) is 12.0 Å². The summed E-state index contributed by atoms with van der Waals surface area (Å²) in [4.78, 5) is 9.78. The first-order valence-electron chi connectivity index (χ1n) is 3.24. The van der Waals surface area contributed by atoms with Crippen LogP contribution in [0.15, 0.2) is 16.9 Å². The summed E-state index contributed by atoms with van der Waals surface area (Å²) < 4.78 is 4.91. The molecular formula is C7H8O3. The maximum Gasteiger partial charge on any atom is 0.206 e. The van der Waals surface area contributed by atoms with E-state index in [-0.39, 0.29) is 6.10 Å². The molecule has 2 rings (SSSR count). The first-order chi connectivity index (χ1) is 4.86. The lowest BCUT2D eigenvalue weighted by Gasteiger charge is -2.16. The van der Waals surface area contributed by atoms with E-state index < -0.39 is 0 Å². The van der Waals surface area contributed by atoms with Crippen molar-refractivity contribution < 1.29 is 14.2 Å². The molecule has 0 aliphatic carbocycles. The molecule has 0 fully saturated rings. The molecule has 0 saturated carbocycles. The van der Waals surface area contributed by atoms with Crippen molar-refractivity contribution in [3.8, 4) is 5.75 Å². The normalized spacial score (nSPS) is 23.5. The van der Waals surface area contributed by atoms with Crippen molar-refractivity contribution in [2.24, 2.45) is 0 Å². The van der Waals surface area contributed by atoms with Crippen LogP contribution in [0.5, 0.6) is 5.75 Å². The maximum absolute atomic E-state index is 4.91. The van der Waals surface area contributed by atoms with Crippen LogP contribution in [0.2, 0.25) is 0 Å². The predicted octanol–water partition coefficient (Wildman–Crippen LogP) is 1.53. The lowest BCUT2D eigenvalue weighted by atomic mass is 10.1. The average molecular weight is 140 g/mol. The molecule has 1 aromatic heterocycles. The first-order valence-corrected chi connectivity index (χ1v) is 3.24. The summed E-state index contributed by atoms with van der Waals surface area (Å²) in [5.41, 5.74) is 1.08. The lowest BCUT2D eigenvalue weighted by molar-refractivity contribution is -0.249. The van der Waals surface area contributed by atoms with Gasteiger partial charge in [0.2, 0.25) is 5.75 Å². The molecule has 0 N–H and O–H groups in total. The third kappa shape index (κ3) is 0.789. The fourth-order valence-electron chi connectivity index (χ4n) is 1.01. The van der Waals surface area contributed by atoms with Crippen molar-refractivity contribution in [1.29, 1.82) is 0 Å². The van der Waals surface area contributed by atoms with Crippen LogP contribution in [-0.4, -0.2) is 6.10 Å². The quantitative estimate of drug-likeness (QED) is 0.512. The van der Waals surface area contributed by atoms with E-state index in [9.17, 15) is 0 Å². The van der Waals surface area contributed by atoms with Crippen molar-refractivity contribution in [3.63, 3.8) is 0 Å². The van der Waals surface area contributed by atoms with Gasteiger partial charge in [0.05, 0.1) is 6.26 Å². The van der Waals surface area contributed by atoms with E-state index in [1.54, 1.807) is 12.5 Å². The van der Waals surface area contributed by atoms with Crippen LogP contribution in [0.3, 0.4) is 0 Å². The number of fused-ring (bicyclic) bond motifs is 1. The van der Waals surface area contributed by atoms with Crippen LogP contribution >= 0.6 is 0 Å². The van der Waals surface area contributed by atoms with Crippen molar-refractivity contribution in [3.05, 3.63) is 18.1 Å². The third-order valence-corrected chi connectivity index (χ3v) is 1.51. The van der Waals surface area contributed by atoms with Crippen LogP contribution in [0.25, 0.3) is 0 Å². The van der Waals surface area contributed by atoms with Gasteiger partial charge in [-0.1, -0.05) is 0 Å². The second kappa shape index (κ2) is 2.02. The van der Waals surface area contributed by atoms with Crippen LogP contribution < -0.4 is 4.89 Å². The van der Waals surface area contributed by atoms with Gasteiger partial charge in [0.15, 0.2) is 0 Å². The van der Waals surface area contributed by atoms with Gasteiger partial charge < -0.3 is 9.30 Å². The minimum atomic E-state index is 0.130. The third-order valence-electron chi connectivity index (χ3n) is 1.51. The average Bonchev–Trinajstić information content (AvgIpc) is 2.33.